The number of rotatable bonds is 7. The highest BCUT2D eigenvalue weighted by molar-refractivity contribution is 5.73. The van der Waals surface area contributed by atoms with Crippen LogP contribution in [0.15, 0.2) is 121 Å². The third kappa shape index (κ3) is 6.37. The largest absolute Gasteiger partial charge is 0.431 e. The molecule has 0 bridgehead atoms. The number of amides is 1. The van der Waals surface area contributed by atoms with Gasteiger partial charge in [-0.2, -0.15) is 0 Å². The van der Waals surface area contributed by atoms with Crippen LogP contribution in [0.25, 0.3) is 0 Å². The van der Waals surface area contributed by atoms with Gasteiger partial charge in [-0.25, -0.2) is 4.79 Å². The highest BCUT2D eigenvalue weighted by atomic mass is 16.6. The first-order valence-electron chi connectivity index (χ1n) is 13.9. The van der Waals surface area contributed by atoms with Crippen molar-refractivity contribution in [1.82, 2.24) is 5.32 Å². The molecule has 5 heteroatoms. The fraction of sp³-hybridized carbons (Fsp3) is 0.306. The van der Waals surface area contributed by atoms with Crippen molar-refractivity contribution in [3.63, 3.8) is 0 Å². The number of nitrogens with one attached hydrogen (secondary N) is 1. The minimum Gasteiger partial charge on any atom is -0.431 e. The molecule has 1 saturated heterocycles. The van der Waals surface area contributed by atoms with Crippen LogP contribution in [0.3, 0.4) is 0 Å². The SMILES string of the molecule is C.CC(C)[C@@H]1NC(=O)OC1(c1ccccc1)c1ccccc1.CC(C)[C@H](N)C(O)(c1ccccc1)c1ccccc1. The highest BCUT2D eigenvalue weighted by Gasteiger charge is 2.52. The van der Waals surface area contributed by atoms with E-state index in [0.717, 1.165) is 22.3 Å². The summed E-state index contributed by atoms with van der Waals surface area (Å²) in [4.78, 5) is 12.0. The van der Waals surface area contributed by atoms with Gasteiger partial charge < -0.3 is 20.9 Å². The molecule has 1 aliphatic heterocycles. The predicted molar refractivity (Wildman–Crippen MR) is 167 cm³/mol. The number of hydrogen-bond acceptors (Lipinski definition) is 4. The maximum Gasteiger partial charge on any atom is 0.408 e. The van der Waals surface area contributed by atoms with Gasteiger partial charge in [-0.15, -0.1) is 0 Å². The Balaban J connectivity index is 0.000000221. The molecule has 4 N–H and O–H groups in total. The number of alkyl carbamates (subject to hydrolysis) is 1. The molecule has 0 aliphatic carbocycles. The first-order chi connectivity index (χ1) is 19.2. The van der Waals surface area contributed by atoms with Crippen molar-refractivity contribution in [1.29, 1.82) is 0 Å². The van der Waals surface area contributed by atoms with E-state index in [2.05, 4.69) is 19.2 Å². The minimum absolute atomic E-state index is 0. The van der Waals surface area contributed by atoms with Crippen molar-refractivity contribution in [2.45, 2.75) is 58.4 Å². The van der Waals surface area contributed by atoms with E-state index >= 15 is 0 Å². The lowest BCUT2D eigenvalue weighted by atomic mass is 9.76. The number of benzene rings is 4. The third-order valence-corrected chi connectivity index (χ3v) is 7.67. The second-order valence-corrected chi connectivity index (χ2v) is 11.0. The van der Waals surface area contributed by atoms with Gasteiger partial charge in [0.1, 0.15) is 5.60 Å². The maximum atomic E-state index is 12.0. The van der Waals surface area contributed by atoms with E-state index in [0.29, 0.717) is 0 Å². The monoisotopic (exact) mass is 552 g/mol. The molecule has 1 fully saturated rings. The fourth-order valence-electron chi connectivity index (χ4n) is 5.54. The second kappa shape index (κ2) is 13.6. The van der Waals surface area contributed by atoms with Crippen molar-refractivity contribution in [2.75, 3.05) is 0 Å². The Labute approximate surface area is 245 Å². The summed E-state index contributed by atoms with van der Waals surface area (Å²) in [6, 6.07) is 38.7. The van der Waals surface area contributed by atoms with Crippen LogP contribution in [0.1, 0.15) is 57.4 Å². The standard InChI is InChI=1S/C18H19NO2.C17H21NO.CH4/c1-13(2)16-18(21-17(20)19-16,14-9-5-3-6-10-14)15-11-7-4-8-12-15;1-13(2)16(18)17(19,14-9-5-3-6-10-14)15-11-7-4-8-12-15;/h3-13,16H,1-2H3,(H,19,20);3-13,16,19H,18H2,1-2H3;1H4/t2*16-;/m00./s1. The van der Waals surface area contributed by atoms with Gasteiger partial charge in [0.15, 0.2) is 5.60 Å². The van der Waals surface area contributed by atoms with Crippen LogP contribution >= 0.6 is 0 Å². The van der Waals surface area contributed by atoms with E-state index in [9.17, 15) is 9.90 Å². The molecular formula is C36H44N2O3. The van der Waals surface area contributed by atoms with E-state index in [1.807, 2.05) is 135 Å². The van der Waals surface area contributed by atoms with Gasteiger partial charge in [0.05, 0.1) is 6.04 Å². The molecule has 216 valence electrons. The summed E-state index contributed by atoms with van der Waals surface area (Å²) in [5.41, 5.74) is 8.04. The van der Waals surface area contributed by atoms with Crippen LogP contribution in [0, 0.1) is 11.8 Å². The summed E-state index contributed by atoms with van der Waals surface area (Å²) in [6.45, 7) is 8.25. The number of nitrogens with two attached hydrogens (primary N) is 1. The molecule has 0 saturated carbocycles. The number of hydrogen-bond donors (Lipinski definition) is 3. The number of carbonyl (C=O) groups excluding carboxylic acids is 1. The second-order valence-electron chi connectivity index (χ2n) is 11.0. The van der Waals surface area contributed by atoms with Gasteiger partial charge in [-0.3, -0.25) is 0 Å². The van der Waals surface area contributed by atoms with Crippen LogP contribution in [-0.2, 0) is 15.9 Å². The highest BCUT2D eigenvalue weighted by Crippen LogP contribution is 2.43. The quantitative estimate of drug-likeness (QED) is 0.226. The zero-order chi connectivity index (χ0) is 28.8. The molecule has 0 spiro atoms. The zero-order valence-corrected chi connectivity index (χ0v) is 23.7. The van der Waals surface area contributed by atoms with Gasteiger partial charge in [0.25, 0.3) is 0 Å². The molecule has 0 unspecified atom stereocenters. The third-order valence-electron chi connectivity index (χ3n) is 7.67. The zero-order valence-electron chi connectivity index (χ0n) is 23.7. The maximum absolute atomic E-state index is 12.0. The molecule has 2 atom stereocenters. The van der Waals surface area contributed by atoms with Gasteiger partial charge in [0, 0.05) is 17.2 Å². The molecule has 1 heterocycles. The molecule has 41 heavy (non-hydrogen) atoms. The van der Waals surface area contributed by atoms with E-state index in [1.165, 1.54) is 0 Å². The van der Waals surface area contributed by atoms with Crippen molar-refractivity contribution in [3.05, 3.63) is 144 Å². The lowest BCUT2D eigenvalue weighted by Crippen LogP contribution is -2.49. The van der Waals surface area contributed by atoms with E-state index in [-0.39, 0.29) is 37.4 Å². The summed E-state index contributed by atoms with van der Waals surface area (Å²) in [5.74, 6) is 0.419. The Morgan fingerprint density at radius 1 is 0.732 bits per heavy atom. The van der Waals surface area contributed by atoms with Gasteiger partial charge >= 0.3 is 6.09 Å². The summed E-state index contributed by atoms with van der Waals surface area (Å²) < 4.78 is 5.84. The van der Waals surface area contributed by atoms with Crippen LogP contribution in [-0.4, -0.2) is 23.3 Å². The molecule has 4 aromatic rings. The molecule has 4 aromatic carbocycles. The van der Waals surface area contributed by atoms with Gasteiger partial charge in [-0.1, -0.05) is 156 Å². The fourth-order valence-corrected chi connectivity index (χ4v) is 5.54. The average molecular weight is 553 g/mol. The first-order valence-corrected chi connectivity index (χ1v) is 13.9. The Hall–Kier alpha value is -3.93. The Morgan fingerprint density at radius 3 is 1.44 bits per heavy atom. The van der Waals surface area contributed by atoms with Crippen molar-refractivity contribution in [3.8, 4) is 0 Å². The summed E-state index contributed by atoms with van der Waals surface area (Å²) >= 11 is 0. The summed E-state index contributed by atoms with van der Waals surface area (Å²) in [5, 5.41) is 14.2. The van der Waals surface area contributed by atoms with Crippen molar-refractivity contribution in [2.24, 2.45) is 17.6 Å². The Morgan fingerprint density at radius 2 is 1.10 bits per heavy atom. The number of ether oxygens (including phenoxy) is 1. The van der Waals surface area contributed by atoms with Gasteiger partial charge in [0.2, 0.25) is 0 Å². The molecule has 5 nitrogen and oxygen atoms in total. The molecule has 0 radical (unpaired) electrons. The smallest absolute Gasteiger partial charge is 0.408 e. The average Bonchev–Trinajstić information content (AvgIpc) is 3.37. The van der Waals surface area contributed by atoms with Crippen LogP contribution in [0.5, 0.6) is 0 Å². The molecule has 1 amide bonds. The number of carbonyl (C=O) groups is 1. The van der Waals surface area contributed by atoms with Crippen LogP contribution < -0.4 is 11.1 Å². The minimum atomic E-state index is -1.16. The summed E-state index contributed by atoms with van der Waals surface area (Å²) in [7, 11) is 0. The van der Waals surface area contributed by atoms with Crippen LogP contribution in [0.4, 0.5) is 4.79 Å². The van der Waals surface area contributed by atoms with E-state index in [1.54, 1.807) is 0 Å². The summed E-state index contributed by atoms with van der Waals surface area (Å²) in [6.07, 6.45) is -0.360. The van der Waals surface area contributed by atoms with Gasteiger partial charge in [-0.05, 0) is 23.0 Å². The number of cyclic esters (lactones) is 1. The van der Waals surface area contributed by atoms with Crippen molar-refractivity contribution < 1.29 is 14.6 Å². The van der Waals surface area contributed by atoms with E-state index < -0.39 is 11.2 Å². The predicted octanol–water partition coefficient (Wildman–Crippen LogP) is 7.24. The van der Waals surface area contributed by atoms with E-state index in [4.69, 9.17) is 10.5 Å². The molecular weight excluding hydrogens is 508 g/mol. The normalized spacial score (nSPS) is 16.6. The molecule has 0 aromatic heterocycles. The first kappa shape index (κ1) is 31.6. The Bertz CT molecular complexity index is 1260. The molecule has 1 aliphatic rings. The topological polar surface area (TPSA) is 84.6 Å². The lowest BCUT2D eigenvalue weighted by molar-refractivity contribution is 0.0353. The van der Waals surface area contributed by atoms with Crippen molar-refractivity contribution >= 4 is 6.09 Å². The Kier molecular flexibility index (Phi) is 10.5. The number of aliphatic hydroxyl groups is 1. The van der Waals surface area contributed by atoms with Crippen LogP contribution in [0.2, 0.25) is 0 Å². The molecule has 5 rings (SSSR count). The lowest BCUT2D eigenvalue weighted by Gasteiger charge is -2.37.